The van der Waals surface area contributed by atoms with E-state index in [4.69, 9.17) is 0 Å². The summed E-state index contributed by atoms with van der Waals surface area (Å²) in [7, 11) is 0. The van der Waals surface area contributed by atoms with Crippen LogP contribution in [0.15, 0.2) is 84.2 Å². The van der Waals surface area contributed by atoms with Gasteiger partial charge < -0.3 is 30.3 Å². The number of nitrogens with zero attached hydrogens (tertiary/aromatic N) is 2. The Labute approximate surface area is 166 Å². The van der Waals surface area contributed by atoms with Crippen LogP contribution in [0.4, 0.5) is 0 Å². The van der Waals surface area contributed by atoms with Crippen LogP contribution in [0.25, 0.3) is 11.1 Å². The molecule has 0 atom stereocenters. The Kier molecular flexibility index (Phi) is 6.82. The summed E-state index contributed by atoms with van der Waals surface area (Å²) in [6, 6.07) is 15.3. The van der Waals surface area contributed by atoms with Crippen LogP contribution in [-0.4, -0.2) is 9.85 Å². The first-order chi connectivity index (χ1) is 12.6. The van der Waals surface area contributed by atoms with Crippen LogP contribution in [0.2, 0.25) is 0 Å². The molecule has 0 heterocycles. The minimum Gasteiger partial charge on any atom is -0.748 e. The molecule has 0 saturated carbocycles. The molecular weight excluding hydrogens is 388 g/mol. The second-order valence-electron chi connectivity index (χ2n) is 5.77. The number of hydrogen-bond donors (Lipinski definition) is 0. The molecule has 7 heteroatoms. The van der Waals surface area contributed by atoms with Gasteiger partial charge in [0.2, 0.25) is 11.4 Å². The van der Waals surface area contributed by atoms with Crippen molar-refractivity contribution in [3.63, 3.8) is 0 Å². The number of hydrogen-bond acceptors (Lipinski definition) is 4. The molecule has 2 aromatic carbocycles. The molecule has 144 valence electrons. The fourth-order valence-electron chi connectivity index (χ4n) is 3.09. The maximum Gasteiger partial charge on any atom is 0.241 e. The zero-order valence-corrected chi connectivity index (χ0v) is 15.3. The molecular formula is C20H16FeN2O4-6. The van der Waals surface area contributed by atoms with E-state index in [9.17, 15) is 20.2 Å². The minimum atomic E-state index is -0.411. The van der Waals surface area contributed by atoms with Gasteiger partial charge in [-0.15, -0.1) is 11.6 Å². The molecule has 0 unspecified atom stereocenters. The van der Waals surface area contributed by atoms with Crippen molar-refractivity contribution >= 4 is 11.1 Å². The first kappa shape index (κ1) is 20.3. The van der Waals surface area contributed by atoms with Gasteiger partial charge in [0.25, 0.3) is 0 Å². The third kappa shape index (κ3) is 4.39. The fraction of sp³-hybridized carbons (Fsp3) is 0.100. The van der Waals surface area contributed by atoms with Gasteiger partial charge in [-0.1, -0.05) is 17.7 Å². The van der Waals surface area contributed by atoms with E-state index in [1.807, 2.05) is 30.3 Å². The van der Waals surface area contributed by atoms with E-state index >= 15 is 0 Å². The fourth-order valence-corrected chi connectivity index (χ4v) is 3.09. The summed E-state index contributed by atoms with van der Waals surface area (Å²) in [5.41, 5.74) is 2.78. The van der Waals surface area contributed by atoms with Crippen LogP contribution in [0.1, 0.15) is 24.0 Å². The molecule has 2 aliphatic rings. The van der Waals surface area contributed by atoms with Crippen LogP contribution in [0.3, 0.4) is 0 Å². The van der Waals surface area contributed by atoms with Gasteiger partial charge in [-0.05, 0) is 30.1 Å². The third-order valence-corrected chi connectivity index (χ3v) is 4.23. The van der Waals surface area contributed by atoms with Gasteiger partial charge in [0.1, 0.15) is 0 Å². The van der Waals surface area contributed by atoms with Gasteiger partial charge in [0.15, 0.2) is 0 Å². The van der Waals surface area contributed by atoms with Crippen LogP contribution in [-0.2, 0) is 17.1 Å². The van der Waals surface area contributed by atoms with Gasteiger partial charge in [0, 0.05) is 28.1 Å². The Bertz CT molecular complexity index is 867. The Morgan fingerprint density at radius 3 is 2.04 bits per heavy atom. The summed E-state index contributed by atoms with van der Waals surface area (Å²) in [4.78, 5) is 21.3. The van der Waals surface area contributed by atoms with E-state index in [0.29, 0.717) is 35.1 Å². The van der Waals surface area contributed by atoms with E-state index in [0.717, 1.165) is 0 Å². The molecule has 27 heavy (non-hydrogen) atoms. The van der Waals surface area contributed by atoms with Gasteiger partial charge in [-0.2, -0.15) is 12.1 Å². The molecule has 0 amide bonds. The normalized spacial score (nSPS) is 14.8. The molecule has 2 aliphatic carbocycles. The van der Waals surface area contributed by atoms with Crippen LogP contribution >= 0.6 is 0 Å². The largest absolute Gasteiger partial charge is 0.748 e. The van der Waals surface area contributed by atoms with E-state index < -0.39 is 9.85 Å². The van der Waals surface area contributed by atoms with Crippen molar-refractivity contribution in [2.45, 2.75) is 12.8 Å². The minimum absolute atomic E-state index is 0. The van der Waals surface area contributed by atoms with Crippen LogP contribution < -0.4 is 0 Å². The maximum absolute atomic E-state index is 11.1. The molecule has 0 N–H and O–H groups in total. The first-order valence-corrected chi connectivity index (χ1v) is 8.11. The summed E-state index contributed by atoms with van der Waals surface area (Å²) >= 11 is 0. The number of nitro groups is 2. The summed E-state index contributed by atoms with van der Waals surface area (Å²) in [6.07, 6.45) is 7.40. The smallest absolute Gasteiger partial charge is 0.241 e. The Morgan fingerprint density at radius 1 is 0.889 bits per heavy atom. The van der Waals surface area contributed by atoms with Crippen molar-refractivity contribution in [1.82, 2.24) is 0 Å². The number of allylic oxidation sites excluding steroid dienone is 6. The average Bonchev–Trinajstić information content (AvgIpc) is 3.43. The van der Waals surface area contributed by atoms with E-state index in [-0.39, 0.29) is 28.5 Å². The summed E-state index contributed by atoms with van der Waals surface area (Å²) in [6.45, 7) is 0. The molecule has 0 bridgehead atoms. The van der Waals surface area contributed by atoms with E-state index in [1.54, 1.807) is 30.4 Å². The molecule has 0 radical (unpaired) electrons. The second kappa shape index (κ2) is 9.07. The number of rotatable bonds is 4. The topological polar surface area (TPSA) is 86.3 Å². The van der Waals surface area contributed by atoms with Gasteiger partial charge in [-0.3, -0.25) is 20.2 Å². The Morgan fingerprint density at radius 2 is 1.44 bits per heavy atom. The molecule has 0 spiro atoms. The summed E-state index contributed by atoms with van der Waals surface area (Å²) in [5, 5.41) is 22.2. The quantitative estimate of drug-likeness (QED) is 0.320. The maximum atomic E-state index is 11.1. The van der Waals surface area contributed by atoms with Crippen molar-refractivity contribution in [1.29, 1.82) is 0 Å². The van der Waals surface area contributed by atoms with E-state index in [1.165, 1.54) is 12.2 Å². The average molecular weight is 404 g/mol. The molecule has 0 aromatic heterocycles. The second-order valence-corrected chi connectivity index (χ2v) is 5.77. The Balaban J connectivity index is 0.000000379. The van der Waals surface area contributed by atoms with Gasteiger partial charge >= 0.3 is 0 Å². The molecule has 4 rings (SSSR count). The van der Waals surface area contributed by atoms with Crippen LogP contribution in [0, 0.1) is 20.2 Å². The molecule has 6 nitrogen and oxygen atoms in total. The van der Waals surface area contributed by atoms with Crippen LogP contribution in [0.5, 0.6) is 0 Å². The standard InChI is InChI=1S/C15H11N2O4.C5H5.Fe/c18-16(19)14-8-2-6-12(14)10-4-1-5-11(10)13-7-3-9-15(13)17(20)21;1-2-4-5-3-1;/h1-5,8-9H,6-7H2;1-5H;/q-1;-5;. The third-order valence-electron chi connectivity index (χ3n) is 4.23. The van der Waals surface area contributed by atoms with Gasteiger partial charge in [-0.25, -0.2) is 0 Å². The monoisotopic (exact) mass is 404 g/mol. The van der Waals surface area contributed by atoms with Crippen molar-refractivity contribution in [2.24, 2.45) is 0 Å². The van der Waals surface area contributed by atoms with Crippen molar-refractivity contribution in [3.05, 3.63) is 116 Å². The summed E-state index contributed by atoms with van der Waals surface area (Å²) < 4.78 is 0. The molecule has 0 saturated heterocycles. The predicted molar refractivity (Wildman–Crippen MR) is 99.4 cm³/mol. The Hall–Kier alpha value is -3.02. The van der Waals surface area contributed by atoms with Crippen molar-refractivity contribution in [3.8, 4) is 0 Å². The molecule has 0 aliphatic heterocycles. The SMILES string of the molecule is O=[N+]([O-])C1=C(c2ccc[c-]2C2=C([N+](=O)[O-])C=CC2)CC=C1.[Fe].[cH-]1[cH-][cH-][cH-][cH-]1. The van der Waals surface area contributed by atoms with Crippen molar-refractivity contribution < 1.29 is 26.9 Å². The summed E-state index contributed by atoms with van der Waals surface area (Å²) in [5.74, 6) is 0. The van der Waals surface area contributed by atoms with Gasteiger partial charge in [0.05, 0.1) is 4.92 Å². The zero-order valence-electron chi connectivity index (χ0n) is 14.2. The molecule has 2 aromatic rings. The predicted octanol–water partition coefficient (Wildman–Crippen LogP) is 4.70. The van der Waals surface area contributed by atoms with Crippen molar-refractivity contribution in [2.75, 3.05) is 0 Å². The van der Waals surface area contributed by atoms with E-state index in [2.05, 4.69) is 0 Å². The molecule has 0 fully saturated rings. The first-order valence-electron chi connectivity index (χ1n) is 8.11. The zero-order chi connectivity index (χ0) is 18.5.